The normalized spacial score (nSPS) is 16.2. The summed E-state index contributed by atoms with van der Waals surface area (Å²) in [4.78, 5) is 0. The van der Waals surface area contributed by atoms with E-state index in [0.29, 0.717) is 0 Å². The zero-order valence-electron chi connectivity index (χ0n) is 23.1. The van der Waals surface area contributed by atoms with Crippen molar-refractivity contribution in [1.29, 1.82) is 0 Å². The predicted octanol–water partition coefficient (Wildman–Crippen LogP) is 10.3. The molecule has 0 amide bonds. The van der Waals surface area contributed by atoms with Gasteiger partial charge in [0.2, 0.25) is 0 Å². The third-order valence-electron chi connectivity index (χ3n) is 9.37. The Balaban J connectivity index is 1.32. The second-order valence-corrected chi connectivity index (χ2v) is 12.8. The Bertz CT molecular complexity index is 1740. The first-order chi connectivity index (χ1) is 18.7. The molecule has 39 heavy (non-hydrogen) atoms. The summed E-state index contributed by atoms with van der Waals surface area (Å²) in [5, 5.41) is 0.778. The molecule has 0 spiro atoms. The van der Waals surface area contributed by atoms with Gasteiger partial charge in [-0.05, 0) is 79.8 Å². The maximum absolute atomic E-state index is 6.33. The van der Waals surface area contributed by atoms with E-state index >= 15 is 0 Å². The molecule has 0 aromatic heterocycles. The van der Waals surface area contributed by atoms with E-state index in [0.717, 1.165) is 11.4 Å². The van der Waals surface area contributed by atoms with Gasteiger partial charge in [-0.3, -0.25) is 0 Å². The highest BCUT2D eigenvalue weighted by Crippen LogP contribution is 2.51. The zero-order valence-corrected chi connectivity index (χ0v) is 23.8. The molecular formula is C38H33Cl. The van der Waals surface area contributed by atoms with Crippen molar-refractivity contribution in [3.05, 3.63) is 153 Å². The van der Waals surface area contributed by atoms with E-state index in [1.807, 2.05) is 12.1 Å². The van der Waals surface area contributed by atoms with E-state index in [1.54, 1.807) is 0 Å². The first-order valence-corrected chi connectivity index (χ1v) is 14.4. The summed E-state index contributed by atoms with van der Waals surface area (Å²) in [6, 6.07) is 40.5. The average molecular weight is 525 g/mol. The lowest BCUT2D eigenvalue weighted by Crippen LogP contribution is -2.16. The highest BCUT2D eigenvalue weighted by Gasteiger charge is 2.37. The number of hydrogen-bond acceptors (Lipinski definition) is 0. The minimum Gasteiger partial charge on any atom is -0.0843 e. The number of benzene rings is 5. The molecule has 2 aliphatic rings. The van der Waals surface area contributed by atoms with Crippen LogP contribution in [0.4, 0.5) is 0 Å². The van der Waals surface area contributed by atoms with Crippen molar-refractivity contribution in [3.63, 3.8) is 0 Å². The van der Waals surface area contributed by atoms with Gasteiger partial charge in [-0.1, -0.05) is 136 Å². The molecule has 0 fully saturated rings. The molecule has 0 nitrogen and oxygen atoms in total. The molecule has 1 unspecified atom stereocenters. The Kier molecular flexibility index (Phi) is 5.45. The Hall–Kier alpha value is -3.61. The summed E-state index contributed by atoms with van der Waals surface area (Å²) in [6.45, 7) is 9.44. The van der Waals surface area contributed by atoms with E-state index in [4.69, 9.17) is 11.6 Å². The van der Waals surface area contributed by atoms with Crippen LogP contribution in [0.3, 0.4) is 0 Å². The van der Waals surface area contributed by atoms with Crippen LogP contribution in [0.25, 0.3) is 22.3 Å². The van der Waals surface area contributed by atoms with Crippen LogP contribution in [0.5, 0.6) is 0 Å². The molecule has 0 saturated carbocycles. The fourth-order valence-corrected chi connectivity index (χ4v) is 7.30. The quantitative estimate of drug-likeness (QED) is 0.219. The van der Waals surface area contributed by atoms with Crippen LogP contribution in [0.1, 0.15) is 72.6 Å². The van der Waals surface area contributed by atoms with E-state index in [9.17, 15) is 0 Å². The molecule has 7 rings (SSSR count). The molecule has 2 aliphatic carbocycles. The summed E-state index contributed by atoms with van der Waals surface area (Å²) in [5.74, 6) is 0.233. The zero-order chi connectivity index (χ0) is 26.9. The van der Waals surface area contributed by atoms with Gasteiger partial charge in [0.05, 0.1) is 0 Å². The fraction of sp³-hybridized carbons (Fsp3) is 0.211. The molecule has 0 aliphatic heterocycles. The van der Waals surface area contributed by atoms with Crippen molar-refractivity contribution >= 4 is 11.6 Å². The van der Waals surface area contributed by atoms with Gasteiger partial charge >= 0.3 is 0 Å². The summed E-state index contributed by atoms with van der Waals surface area (Å²) >= 11 is 6.33. The third-order valence-corrected chi connectivity index (χ3v) is 9.62. The number of fused-ring (bicyclic) bond motifs is 6. The van der Waals surface area contributed by atoms with Crippen LogP contribution in [0.15, 0.2) is 109 Å². The lowest BCUT2D eigenvalue weighted by molar-refractivity contribution is 0.655. The SMILES string of the molecule is CC1(C)c2ccccc2-c2ccc(CC(c3ccc(Cl)cc3)c3ccc4c(c3)C(C)(C)c3ccccc3-4)cc21. The average Bonchev–Trinajstić information content (AvgIpc) is 3.32. The summed E-state index contributed by atoms with van der Waals surface area (Å²) < 4.78 is 0. The summed E-state index contributed by atoms with van der Waals surface area (Å²) in [7, 11) is 0. The van der Waals surface area contributed by atoms with Gasteiger partial charge in [0, 0.05) is 21.8 Å². The van der Waals surface area contributed by atoms with Crippen molar-refractivity contribution in [2.24, 2.45) is 0 Å². The van der Waals surface area contributed by atoms with Gasteiger partial charge in [-0.2, -0.15) is 0 Å². The lowest BCUT2D eigenvalue weighted by atomic mass is 9.78. The van der Waals surface area contributed by atoms with Crippen molar-refractivity contribution in [1.82, 2.24) is 0 Å². The first-order valence-electron chi connectivity index (χ1n) is 14.0. The van der Waals surface area contributed by atoms with Gasteiger partial charge in [0.15, 0.2) is 0 Å². The van der Waals surface area contributed by atoms with Gasteiger partial charge in [0.25, 0.3) is 0 Å². The van der Waals surface area contributed by atoms with Crippen molar-refractivity contribution in [2.75, 3.05) is 0 Å². The second-order valence-electron chi connectivity index (χ2n) is 12.3. The maximum Gasteiger partial charge on any atom is 0.0406 e. The first kappa shape index (κ1) is 24.4. The minimum atomic E-state index is -0.0180. The lowest BCUT2D eigenvalue weighted by Gasteiger charge is -2.25. The number of halogens is 1. The third kappa shape index (κ3) is 3.73. The number of rotatable bonds is 4. The Morgan fingerprint density at radius 1 is 0.513 bits per heavy atom. The minimum absolute atomic E-state index is 0.00107. The Labute approximate surface area is 237 Å². The van der Waals surface area contributed by atoms with Gasteiger partial charge in [0.1, 0.15) is 0 Å². The van der Waals surface area contributed by atoms with Gasteiger partial charge in [-0.15, -0.1) is 0 Å². The summed E-state index contributed by atoms with van der Waals surface area (Å²) in [5.41, 5.74) is 15.2. The molecule has 5 aromatic carbocycles. The maximum atomic E-state index is 6.33. The van der Waals surface area contributed by atoms with Crippen LogP contribution in [-0.4, -0.2) is 0 Å². The molecule has 5 aromatic rings. The largest absolute Gasteiger partial charge is 0.0843 e. The molecule has 0 saturated heterocycles. The molecule has 192 valence electrons. The topological polar surface area (TPSA) is 0 Å². The van der Waals surface area contributed by atoms with Gasteiger partial charge < -0.3 is 0 Å². The van der Waals surface area contributed by atoms with Crippen molar-refractivity contribution in [2.45, 2.75) is 50.9 Å². The van der Waals surface area contributed by atoms with Crippen LogP contribution in [-0.2, 0) is 17.3 Å². The van der Waals surface area contributed by atoms with Crippen molar-refractivity contribution < 1.29 is 0 Å². The van der Waals surface area contributed by atoms with Crippen LogP contribution in [0.2, 0.25) is 5.02 Å². The van der Waals surface area contributed by atoms with E-state index in [1.165, 1.54) is 61.2 Å². The van der Waals surface area contributed by atoms with Crippen LogP contribution in [0, 0.1) is 0 Å². The van der Waals surface area contributed by atoms with Crippen LogP contribution >= 0.6 is 11.6 Å². The second kappa shape index (κ2) is 8.70. The summed E-state index contributed by atoms with van der Waals surface area (Å²) in [6.07, 6.45) is 0.938. The van der Waals surface area contributed by atoms with E-state index in [-0.39, 0.29) is 16.7 Å². The smallest absolute Gasteiger partial charge is 0.0406 e. The van der Waals surface area contributed by atoms with Gasteiger partial charge in [-0.25, -0.2) is 0 Å². The van der Waals surface area contributed by atoms with Crippen LogP contribution < -0.4 is 0 Å². The Morgan fingerprint density at radius 2 is 1.00 bits per heavy atom. The fourth-order valence-electron chi connectivity index (χ4n) is 7.18. The molecular weight excluding hydrogens is 492 g/mol. The predicted molar refractivity (Wildman–Crippen MR) is 165 cm³/mol. The molecule has 0 radical (unpaired) electrons. The molecule has 0 heterocycles. The molecule has 0 N–H and O–H groups in total. The van der Waals surface area contributed by atoms with Crippen molar-refractivity contribution in [3.8, 4) is 22.3 Å². The highest BCUT2D eigenvalue weighted by atomic mass is 35.5. The number of hydrogen-bond donors (Lipinski definition) is 0. The molecule has 0 bridgehead atoms. The van der Waals surface area contributed by atoms with E-state index < -0.39 is 0 Å². The van der Waals surface area contributed by atoms with E-state index in [2.05, 4.69) is 125 Å². The highest BCUT2D eigenvalue weighted by molar-refractivity contribution is 6.30. The standard InChI is InChI=1S/C38H33Cl/c1-37(2)33-11-7-5-9-28(33)30-19-13-24(22-35(30)37)21-32(25-14-17-27(39)18-15-25)26-16-20-31-29-10-6-8-12-34(29)38(3,4)36(31)23-26/h5-20,22-23,32H,21H2,1-4H3. The Morgan fingerprint density at radius 3 is 1.62 bits per heavy atom. The molecule has 1 heteroatoms. The monoisotopic (exact) mass is 524 g/mol. The molecule has 1 atom stereocenters.